The van der Waals surface area contributed by atoms with Gasteiger partial charge < -0.3 is 16.2 Å². The Balaban J connectivity index is 1.88. The number of morpholine rings is 1. The van der Waals surface area contributed by atoms with Crippen LogP contribution >= 0.6 is 11.6 Å². The van der Waals surface area contributed by atoms with E-state index in [-0.39, 0.29) is 6.04 Å². The van der Waals surface area contributed by atoms with Crippen molar-refractivity contribution in [3.05, 3.63) is 11.9 Å². The summed E-state index contributed by atoms with van der Waals surface area (Å²) in [5.74, 6) is 0. The van der Waals surface area contributed by atoms with E-state index >= 15 is 0 Å². The van der Waals surface area contributed by atoms with Crippen LogP contribution in [0, 0.1) is 0 Å². The fourth-order valence-electron chi connectivity index (χ4n) is 2.63. The Labute approximate surface area is 113 Å². The first-order valence-electron chi connectivity index (χ1n) is 6.43. The van der Waals surface area contributed by atoms with Crippen molar-refractivity contribution in [1.29, 1.82) is 0 Å². The fourth-order valence-corrected chi connectivity index (χ4v) is 2.83. The van der Waals surface area contributed by atoms with E-state index in [2.05, 4.69) is 9.89 Å². The molecule has 1 aliphatic carbocycles. The lowest BCUT2D eigenvalue weighted by Crippen LogP contribution is -2.42. The van der Waals surface area contributed by atoms with Gasteiger partial charge in [0.2, 0.25) is 0 Å². The van der Waals surface area contributed by atoms with E-state index in [0.29, 0.717) is 16.9 Å². The normalized spacial score (nSPS) is 31.8. The molecule has 6 heteroatoms. The molecule has 1 saturated carbocycles. The van der Waals surface area contributed by atoms with Crippen LogP contribution < -0.4 is 11.5 Å². The summed E-state index contributed by atoms with van der Waals surface area (Å²) in [6.45, 7) is 3.74. The molecule has 18 heavy (non-hydrogen) atoms. The Kier molecular flexibility index (Phi) is 4.86. The van der Waals surface area contributed by atoms with Crippen LogP contribution in [0.2, 0.25) is 0 Å². The molecular formula is C12H21ClN4O. The smallest absolute Gasteiger partial charge is 0.148 e. The first kappa shape index (κ1) is 13.6. The SMILES string of the molecule is NC=C(N)C(Cl)=NC1CCC(N2CCOCC2)C1. The zero-order valence-corrected chi connectivity index (χ0v) is 11.3. The number of halogens is 1. The molecule has 1 saturated heterocycles. The van der Waals surface area contributed by atoms with Crippen LogP contribution in [-0.4, -0.2) is 48.5 Å². The summed E-state index contributed by atoms with van der Waals surface area (Å²) in [7, 11) is 0. The minimum atomic E-state index is 0.267. The first-order valence-corrected chi connectivity index (χ1v) is 6.81. The highest BCUT2D eigenvalue weighted by Gasteiger charge is 2.30. The van der Waals surface area contributed by atoms with Gasteiger partial charge in [0.25, 0.3) is 0 Å². The summed E-state index contributed by atoms with van der Waals surface area (Å²) in [4.78, 5) is 6.94. The highest BCUT2D eigenvalue weighted by atomic mass is 35.5. The minimum Gasteiger partial charge on any atom is -0.403 e. The van der Waals surface area contributed by atoms with E-state index in [1.54, 1.807) is 0 Å². The Morgan fingerprint density at radius 1 is 1.33 bits per heavy atom. The molecule has 1 aliphatic heterocycles. The lowest BCUT2D eigenvalue weighted by Gasteiger charge is -2.32. The van der Waals surface area contributed by atoms with Gasteiger partial charge in [0.1, 0.15) is 5.17 Å². The number of aliphatic imine (C=N–C) groups is 1. The summed E-state index contributed by atoms with van der Waals surface area (Å²) in [5, 5.41) is 0.338. The number of nitrogens with zero attached hydrogens (tertiary/aromatic N) is 2. The van der Waals surface area contributed by atoms with Crippen LogP contribution in [0.5, 0.6) is 0 Å². The Hall–Kier alpha value is -0.780. The molecule has 0 spiro atoms. The van der Waals surface area contributed by atoms with Gasteiger partial charge in [-0.2, -0.15) is 0 Å². The summed E-state index contributed by atoms with van der Waals surface area (Å²) < 4.78 is 5.37. The zero-order chi connectivity index (χ0) is 13.0. The first-order chi connectivity index (χ1) is 8.70. The largest absolute Gasteiger partial charge is 0.403 e. The Morgan fingerprint density at radius 2 is 2.06 bits per heavy atom. The van der Waals surface area contributed by atoms with E-state index in [1.807, 2.05) is 0 Å². The molecule has 0 radical (unpaired) electrons. The summed E-state index contributed by atoms with van der Waals surface area (Å²) in [6.07, 6.45) is 4.58. The predicted molar refractivity (Wildman–Crippen MR) is 73.6 cm³/mol. The second kappa shape index (κ2) is 6.41. The van der Waals surface area contributed by atoms with Gasteiger partial charge in [-0.3, -0.25) is 9.89 Å². The van der Waals surface area contributed by atoms with E-state index in [9.17, 15) is 0 Å². The van der Waals surface area contributed by atoms with E-state index in [4.69, 9.17) is 27.8 Å². The molecule has 5 nitrogen and oxygen atoms in total. The quantitative estimate of drug-likeness (QED) is 0.739. The van der Waals surface area contributed by atoms with Crippen molar-refractivity contribution in [1.82, 2.24) is 4.90 Å². The van der Waals surface area contributed by atoms with Crippen LogP contribution in [0.15, 0.2) is 16.9 Å². The van der Waals surface area contributed by atoms with Gasteiger partial charge in [-0.05, 0) is 19.3 Å². The standard InChI is InChI=1S/C12H21ClN4O/c13-12(11(15)8-14)16-9-1-2-10(7-9)17-3-5-18-6-4-17/h8-10H,1-7,14-15H2. The van der Waals surface area contributed by atoms with Crippen molar-refractivity contribution in [3.63, 3.8) is 0 Å². The summed E-state index contributed by atoms with van der Waals surface area (Å²) in [6, 6.07) is 0.874. The highest BCUT2D eigenvalue weighted by Crippen LogP contribution is 2.27. The van der Waals surface area contributed by atoms with Crippen LogP contribution in [0.25, 0.3) is 0 Å². The van der Waals surface area contributed by atoms with Gasteiger partial charge in [-0.15, -0.1) is 0 Å². The lowest BCUT2D eigenvalue weighted by molar-refractivity contribution is 0.0178. The van der Waals surface area contributed by atoms with Crippen LogP contribution in [0.3, 0.4) is 0 Å². The number of hydrogen-bond donors (Lipinski definition) is 2. The predicted octanol–water partition coefficient (Wildman–Crippen LogP) is 0.636. The van der Waals surface area contributed by atoms with Gasteiger partial charge in [0.05, 0.1) is 25.0 Å². The third-order valence-corrected chi connectivity index (χ3v) is 3.97. The van der Waals surface area contributed by atoms with Gasteiger partial charge in [-0.25, -0.2) is 0 Å². The molecule has 0 aromatic heterocycles. The number of nitrogens with two attached hydrogens (primary N) is 2. The Morgan fingerprint density at radius 3 is 2.72 bits per heavy atom. The third kappa shape index (κ3) is 3.37. The molecule has 0 aromatic carbocycles. The molecule has 2 unspecified atom stereocenters. The van der Waals surface area contributed by atoms with Crippen molar-refractivity contribution in [2.45, 2.75) is 31.3 Å². The zero-order valence-electron chi connectivity index (χ0n) is 10.5. The van der Waals surface area contributed by atoms with Crippen molar-refractivity contribution in [2.75, 3.05) is 26.3 Å². The topological polar surface area (TPSA) is 76.9 Å². The number of allylic oxidation sites excluding steroid dienone is 1. The molecule has 0 bridgehead atoms. The highest BCUT2D eigenvalue weighted by molar-refractivity contribution is 6.69. The number of ether oxygens (including phenoxy) is 1. The number of hydrogen-bond acceptors (Lipinski definition) is 5. The van der Waals surface area contributed by atoms with Crippen molar-refractivity contribution < 1.29 is 4.74 Å². The minimum absolute atomic E-state index is 0.267. The maximum atomic E-state index is 5.99. The van der Waals surface area contributed by atoms with Crippen molar-refractivity contribution in [2.24, 2.45) is 16.5 Å². The lowest BCUT2D eigenvalue weighted by atomic mass is 10.2. The van der Waals surface area contributed by atoms with Crippen LogP contribution in [0.1, 0.15) is 19.3 Å². The monoisotopic (exact) mass is 272 g/mol. The molecule has 4 N–H and O–H groups in total. The van der Waals surface area contributed by atoms with Gasteiger partial charge in [-0.1, -0.05) is 11.6 Å². The van der Waals surface area contributed by atoms with Gasteiger partial charge in [0.15, 0.2) is 0 Å². The maximum Gasteiger partial charge on any atom is 0.148 e. The van der Waals surface area contributed by atoms with E-state index in [1.165, 1.54) is 12.6 Å². The molecule has 2 aliphatic rings. The molecule has 1 heterocycles. The molecule has 2 fully saturated rings. The fraction of sp³-hybridized carbons (Fsp3) is 0.750. The van der Waals surface area contributed by atoms with Crippen molar-refractivity contribution in [3.8, 4) is 0 Å². The summed E-state index contributed by atoms with van der Waals surface area (Å²) >= 11 is 5.99. The number of rotatable bonds is 3. The third-order valence-electron chi connectivity index (χ3n) is 3.65. The second-order valence-electron chi connectivity index (χ2n) is 4.81. The average molecular weight is 273 g/mol. The molecule has 2 rings (SSSR count). The second-order valence-corrected chi connectivity index (χ2v) is 5.17. The Bertz CT molecular complexity index is 339. The van der Waals surface area contributed by atoms with E-state index in [0.717, 1.165) is 39.1 Å². The van der Waals surface area contributed by atoms with E-state index < -0.39 is 0 Å². The van der Waals surface area contributed by atoms with Gasteiger partial charge >= 0.3 is 0 Å². The van der Waals surface area contributed by atoms with Crippen LogP contribution in [0.4, 0.5) is 0 Å². The summed E-state index contributed by atoms with van der Waals surface area (Å²) in [5.41, 5.74) is 11.3. The molecular weight excluding hydrogens is 252 g/mol. The molecule has 0 amide bonds. The average Bonchev–Trinajstić information content (AvgIpc) is 2.87. The van der Waals surface area contributed by atoms with Crippen molar-refractivity contribution >= 4 is 16.8 Å². The van der Waals surface area contributed by atoms with Crippen LogP contribution in [-0.2, 0) is 4.74 Å². The molecule has 102 valence electrons. The molecule has 0 aromatic rings. The maximum absolute atomic E-state index is 5.99. The molecule has 2 atom stereocenters. The van der Waals surface area contributed by atoms with Gasteiger partial charge in [0, 0.05) is 25.3 Å².